The summed E-state index contributed by atoms with van der Waals surface area (Å²) in [5.41, 5.74) is 0.530. The average molecular weight is 211 g/mol. The summed E-state index contributed by atoms with van der Waals surface area (Å²) >= 11 is 0. The molecule has 0 saturated heterocycles. The molecule has 5 heteroatoms. The Hall–Kier alpha value is -1.75. The van der Waals surface area contributed by atoms with Crippen molar-refractivity contribution < 1.29 is 19.4 Å². The summed E-state index contributed by atoms with van der Waals surface area (Å²) in [5, 5.41) is 11.0. The van der Waals surface area contributed by atoms with Crippen molar-refractivity contribution in [3.63, 3.8) is 0 Å². The van der Waals surface area contributed by atoms with Gasteiger partial charge in [-0.05, 0) is 12.1 Å². The molecule has 0 aliphatic heterocycles. The Balaban J connectivity index is 2.59. The second-order valence-corrected chi connectivity index (χ2v) is 2.68. The van der Waals surface area contributed by atoms with Crippen molar-refractivity contribution in [2.75, 3.05) is 25.6 Å². The molecule has 0 unspecified atom stereocenters. The fourth-order valence-corrected chi connectivity index (χ4v) is 1.03. The molecule has 1 aromatic carbocycles. The highest BCUT2D eigenvalue weighted by molar-refractivity contribution is 5.86. The van der Waals surface area contributed by atoms with E-state index < -0.39 is 6.09 Å². The average Bonchev–Trinajstić information content (AvgIpc) is 2.27. The molecule has 0 aliphatic rings. The second kappa shape index (κ2) is 5.87. The fourth-order valence-electron chi connectivity index (χ4n) is 1.03. The van der Waals surface area contributed by atoms with Gasteiger partial charge in [0, 0.05) is 0 Å². The molecule has 0 radical (unpaired) electrons. The van der Waals surface area contributed by atoms with Crippen LogP contribution < -0.4 is 10.1 Å². The first-order valence-electron chi connectivity index (χ1n) is 4.45. The standard InChI is InChI=1S/C10H13NO4/c1-14-9-5-3-2-4-8(9)11-10(13)15-7-6-12/h2-5,12H,6-7H2,1H3,(H,11,13). The van der Waals surface area contributed by atoms with Crippen molar-refractivity contribution >= 4 is 11.8 Å². The first-order valence-corrected chi connectivity index (χ1v) is 4.45. The van der Waals surface area contributed by atoms with E-state index >= 15 is 0 Å². The van der Waals surface area contributed by atoms with Gasteiger partial charge >= 0.3 is 6.09 Å². The number of carbonyl (C=O) groups is 1. The van der Waals surface area contributed by atoms with Gasteiger partial charge in [0.15, 0.2) is 0 Å². The Morgan fingerprint density at radius 3 is 2.87 bits per heavy atom. The van der Waals surface area contributed by atoms with Gasteiger partial charge in [-0.25, -0.2) is 4.79 Å². The fraction of sp³-hybridized carbons (Fsp3) is 0.300. The van der Waals surface area contributed by atoms with Crippen LogP contribution >= 0.6 is 0 Å². The van der Waals surface area contributed by atoms with Gasteiger partial charge in [0.25, 0.3) is 0 Å². The molecule has 5 nitrogen and oxygen atoms in total. The Morgan fingerprint density at radius 2 is 2.20 bits per heavy atom. The third-order valence-corrected chi connectivity index (χ3v) is 1.67. The monoisotopic (exact) mass is 211 g/mol. The molecule has 1 rings (SSSR count). The minimum Gasteiger partial charge on any atom is -0.495 e. The minimum absolute atomic E-state index is 0.0268. The minimum atomic E-state index is -0.617. The van der Waals surface area contributed by atoms with Crippen molar-refractivity contribution in [3.8, 4) is 5.75 Å². The number of ether oxygens (including phenoxy) is 2. The van der Waals surface area contributed by atoms with Crippen LogP contribution in [0.1, 0.15) is 0 Å². The van der Waals surface area contributed by atoms with Crippen LogP contribution in [0, 0.1) is 0 Å². The van der Waals surface area contributed by atoms with E-state index in [-0.39, 0.29) is 13.2 Å². The Bertz CT molecular complexity index is 327. The molecule has 0 aromatic heterocycles. The molecular formula is C10H13NO4. The number of amides is 1. The van der Waals surface area contributed by atoms with Crippen LogP contribution in [-0.4, -0.2) is 31.5 Å². The largest absolute Gasteiger partial charge is 0.495 e. The Labute approximate surface area is 87.6 Å². The molecule has 1 amide bonds. The first kappa shape index (κ1) is 11.3. The van der Waals surface area contributed by atoms with E-state index in [2.05, 4.69) is 10.1 Å². The maximum atomic E-state index is 11.1. The number of carbonyl (C=O) groups excluding carboxylic acids is 1. The van der Waals surface area contributed by atoms with Gasteiger partial charge < -0.3 is 14.6 Å². The molecular weight excluding hydrogens is 198 g/mol. The van der Waals surface area contributed by atoms with E-state index in [1.165, 1.54) is 7.11 Å². The van der Waals surface area contributed by atoms with Gasteiger partial charge in [-0.15, -0.1) is 0 Å². The van der Waals surface area contributed by atoms with E-state index in [9.17, 15) is 4.79 Å². The number of aliphatic hydroxyl groups excluding tert-OH is 1. The Morgan fingerprint density at radius 1 is 1.47 bits per heavy atom. The summed E-state index contributed by atoms with van der Waals surface area (Å²) in [6.45, 7) is -0.222. The van der Waals surface area contributed by atoms with Crippen molar-refractivity contribution in [3.05, 3.63) is 24.3 Å². The van der Waals surface area contributed by atoms with Gasteiger partial charge in [0.2, 0.25) is 0 Å². The molecule has 0 bridgehead atoms. The van der Waals surface area contributed by atoms with E-state index in [1.807, 2.05) is 0 Å². The van der Waals surface area contributed by atoms with E-state index in [1.54, 1.807) is 24.3 Å². The molecule has 0 fully saturated rings. The molecule has 0 heterocycles. The highest BCUT2D eigenvalue weighted by Gasteiger charge is 2.06. The lowest BCUT2D eigenvalue weighted by atomic mass is 10.3. The predicted molar refractivity (Wildman–Crippen MR) is 55.1 cm³/mol. The molecule has 15 heavy (non-hydrogen) atoms. The van der Waals surface area contributed by atoms with Crippen LogP contribution in [0.5, 0.6) is 5.75 Å². The number of methoxy groups -OCH3 is 1. The summed E-state index contributed by atoms with van der Waals surface area (Å²) in [5.74, 6) is 0.554. The van der Waals surface area contributed by atoms with Crippen LogP contribution in [0.25, 0.3) is 0 Å². The summed E-state index contributed by atoms with van der Waals surface area (Å²) in [6.07, 6.45) is -0.617. The van der Waals surface area contributed by atoms with Crippen LogP contribution in [0.15, 0.2) is 24.3 Å². The topological polar surface area (TPSA) is 67.8 Å². The lowest BCUT2D eigenvalue weighted by Gasteiger charge is -2.09. The van der Waals surface area contributed by atoms with Gasteiger partial charge in [-0.1, -0.05) is 12.1 Å². The van der Waals surface area contributed by atoms with Crippen LogP contribution in [-0.2, 0) is 4.74 Å². The number of benzene rings is 1. The smallest absolute Gasteiger partial charge is 0.411 e. The van der Waals surface area contributed by atoms with Gasteiger partial charge in [0.1, 0.15) is 12.4 Å². The third-order valence-electron chi connectivity index (χ3n) is 1.67. The molecule has 0 saturated carbocycles. The van der Waals surface area contributed by atoms with Crippen molar-refractivity contribution in [2.45, 2.75) is 0 Å². The van der Waals surface area contributed by atoms with Crippen molar-refractivity contribution in [1.29, 1.82) is 0 Å². The number of aliphatic hydroxyl groups is 1. The number of rotatable bonds is 4. The molecule has 2 N–H and O–H groups in total. The molecule has 0 aliphatic carbocycles. The summed E-state index contributed by atoms with van der Waals surface area (Å²) < 4.78 is 9.67. The number of anilines is 1. The lowest BCUT2D eigenvalue weighted by molar-refractivity contribution is 0.131. The maximum Gasteiger partial charge on any atom is 0.411 e. The lowest BCUT2D eigenvalue weighted by Crippen LogP contribution is -2.16. The van der Waals surface area contributed by atoms with E-state index in [0.29, 0.717) is 11.4 Å². The molecule has 82 valence electrons. The second-order valence-electron chi connectivity index (χ2n) is 2.68. The molecule has 1 aromatic rings. The Kier molecular flexibility index (Phi) is 4.43. The van der Waals surface area contributed by atoms with Gasteiger partial charge in [-0.2, -0.15) is 0 Å². The van der Waals surface area contributed by atoms with Gasteiger partial charge in [-0.3, -0.25) is 5.32 Å². The van der Waals surface area contributed by atoms with Crippen molar-refractivity contribution in [1.82, 2.24) is 0 Å². The van der Waals surface area contributed by atoms with Crippen LogP contribution in [0.3, 0.4) is 0 Å². The normalized spacial score (nSPS) is 9.47. The van der Waals surface area contributed by atoms with Crippen molar-refractivity contribution in [2.24, 2.45) is 0 Å². The number of hydrogen-bond acceptors (Lipinski definition) is 4. The third kappa shape index (κ3) is 3.47. The van der Waals surface area contributed by atoms with Gasteiger partial charge in [0.05, 0.1) is 19.4 Å². The zero-order valence-electron chi connectivity index (χ0n) is 8.40. The highest BCUT2D eigenvalue weighted by Crippen LogP contribution is 2.22. The summed E-state index contributed by atoms with van der Waals surface area (Å²) in [6, 6.07) is 6.98. The summed E-state index contributed by atoms with van der Waals surface area (Å²) in [7, 11) is 1.51. The molecule has 0 spiro atoms. The highest BCUT2D eigenvalue weighted by atomic mass is 16.6. The number of para-hydroxylation sites is 2. The quantitative estimate of drug-likeness (QED) is 0.786. The van der Waals surface area contributed by atoms with Crippen LogP contribution in [0.2, 0.25) is 0 Å². The number of hydrogen-bond donors (Lipinski definition) is 2. The van der Waals surface area contributed by atoms with E-state index in [0.717, 1.165) is 0 Å². The SMILES string of the molecule is COc1ccccc1NC(=O)OCCO. The first-order chi connectivity index (χ1) is 7.27. The maximum absolute atomic E-state index is 11.1. The van der Waals surface area contributed by atoms with E-state index in [4.69, 9.17) is 9.84 Å². The zero-order valence-corrected chi connectivity index (χ0v) is 8.40. The van der Waals surface area contributed by atoms with Crippen LogP contribution in [0.4, 0.5) is 10.5 Å². The zero-order chi connectivity index (χ0) is 11.1. The summed E-state index contributed by atoms with van der Waals surface area (Å²) in [4.78, 5) is 11.1. The number of nitrogens with one attached hydrogen (secondary N) is 1. The predicted octanol–water partition coefficient (Wildman–Crippen LogP) is 1.24. The molecule has 0 atom stereocenters.